The van der Waals surface area contributed by atoms with E-state index in [0.717, 1.165) is 24.8 Å². The Morgan fingerprint density at radius 1 is 1.31 bits per heavy atom. The number of halogens is 2. The van der Waals surface area contributed by atoms with Crippen molar-refractivity contribution < 1.29 is 0 Å². The number of nitrogens with two attached hydrogens (primary N) is 1. The van der Waals surface area contributed by atoms with Crippen LogP contribution in [0.1, 0.15) is 32.3 Å². The van der Waals surface area contributed by atoms with Gasteiger partial charge in [-0.05, 0) is 30.4 Å². The van der Waals surface area contributed by atoms with Gasteiger partial charge in [-0.25, -0.2) is 0 Å². The van der Waals surface area contributed by atoms with Crippen molar-refractivity contribution in [3.63, 3.8) is 0 Å². The Labute approximate surface area is 108 Å². The van der Waals surface area contributed by atoms with Gasteiger partial charge in [0.15, 0.2) is 0 Å². The quantitative estimate of drug-likeness (QED) is 0.839. The Balaban J connectivity index is 2.62. The zero-order chi connectivity index (χ0) is 12.1. The molecule has 0 aliphatic rings. The molecule has 0 radical (unpaired) electrons. The van der Waals surface area contributed by atoms with Crippen molar-refractivity contribution in [3.05, 3.63) is 33.8 Å². The molecular formula is C13H19Cl2N. The van der Waals surface area contributed by atoms with Crippen molar-refractivity contribution >= 4 is 23.2 Å². The van der Waals surface area contributed by atoms with Crippen molar-refractivity contribution in [2.75, 3.05) is 0 Å². The van der Waals surface area contributed by atoms with Crippen molar-refractivity contribution in [3.8, 4) is 0 Å². The van der Waals surface area contributed by atoms with E-state index >= 15 is 0 Å². The van der Waals surface area contributed by atoms with Gasteiger partial charge in [0.05, 0.1) is 10.0 Å². The lowest BCUT2D eigenvalue weighted by molar-refractivity contribution is 0.450. The summed E-state index contributed by atoms with van der Waals surface area (Å²) >= 11 is 12.1. The summed E-state index contributed by atoms with van der Waals surface area (Å²) in [7, 11) is 0. The molecule has 0 fully saturated rings. The van der Waals surface area contributed by atoms with Gasteiger partial charge in [-0.3, -0.25) is 0 Å². The molecular weight excluding hydrogens is 241 g/mol. The molecule has 0 saturated carbocycles. The first-order valence-corrected chi connectivity index (χ1v) is 6.48. The van der Waals surface area contributed by atoms with Crippen LogP contribution in [0.4, 0.5) is 0 Å². The standard InChI is InChI=1S/C13H19Cl2N/c1-3-9(2)7-11(16)8-10-5-4-6-12(14)13(10)15/h4-6,9,11H,3,7-8,16H2,1-2H3. The van der Waals surface area contributed by atoms with Crippen LogP contribution in [0.15, 0.2) is 18.2 Å². The average molecular weight is 260 g/mol. The van der Waals surface area contributed by atoms with E-state index in [9.17, 15) is 0 Å². The lowest BCUT2D eigenvalue weighted by atomic mass is 9.95. The summed E-state index contributed by atoms with van der Waals surface area (Å²) in [5.74, 6) is 0.660. The normalized spacial score (nSPS) is 14.8. The van der Waals surface area contributed by atoms with E-state index in [1.807, 2.05) is 12.1 Å². The van der Waals surface area contributed by atoms with Crippen molar-refractivity contribution in [1.29, 1.82) is 0 Å². The third-order valence-electron chi connectivity index (χ3n) is 2.92. The molecule has 16 heavy (non-hydrogen) atoms. The molecule has 0 heterocycles. The molecule has 1 aromatic carbocycles. The van der Waals surface area contributed by atoms with Crippen molar-refractivity contribution in [2.24, 2.45) is 11.7 Å². The Hall–Kier alpha value is -0.240. The van der Waals surface area contributed by atoms with Crippen LogP contribution < -0.4 is 5.73 Å². The topological polar surface area (TPSA) is 26.0 Å². The Bertz CT molecular complexity index is 339. The second-order valence-electron chi connectivity index (χ2n) is 4.43. The van der Waals surface area contributed by atoms with E-state index in [0.29, 0.717) is 16.0 Å². The predicted molar refractivity (Wildman–Crippen MR) is 72.2 cm³/mol. The third kappa shape index (κ3) is 3.97. The monoisotopic (exact) mass is 259 g/mol. The molecule has 2 unspecified atom stereocenters. The minimum atomic E-state index is 0.158. The fraction of sp³-hybridized carbons (Fsp3) is 0.538. The molecule has 0 spiro atoms. The van der Waals surface area contributed by atoms with Crippen LogP contribution in [0.5, 0.6) is 0 Å². The number of hydrogen-bond donors (Lipinski definition) is 1. The average Bonchev–Trinajstić information content (AvgIpc) is 2.24. The first-order chi connectivity index (χ1) is 7.54. The largest absolute Gasteiger partial charge is 0.327 e. The minimum absolute atomic E-state index is 0.158. The molecule has 0 amide bonds. The highest BCUT2D eigenvalue weighted by molar-refractivity contribution is 6.42. The van der Waals surface area contributed by atoms with Gasteiger partial charge in [0.1, 0.15) is 0 Å². The summed E-state index contributed by atoms with van der Waals surface area (Å²) in [4.78, 5) is 0. The molecule has 0 aromatic heterocycles. The molecule has 0 bridgehead atoms. The molecule has 0 saturated heterocycles. The van der Waals surface area contributed by atoms with E-state index in [2.05, 4.69) is 13.8 Å². The number of benzene rings is 1. The van der Waals surface area contributed by atoms with Gasteiger partial charge in [0.25, 0.3) is 0 Å². The summed E-state index contributed by atoms with van der Waals surface area (Å²) in [5.41, 5.74) is 7.15. The van der Waals surface area contributed by atoms with Crippen LogP contribution in [0.25, 0.3) is 0 Å². The van der Waals surface area contributed by atoms with Gasteiger partial charge in [0.2, 0.25) is 0 Å². The highest BCUT2D eigenvalue weighted by atomic mass is 35.5. The van der Waals surface area contributed by atoms with Crippen molar-refractivity contribution in [1.82, 2.24) is 0 Å². The van der Waals surface area contributed by atoms with Crippen molar-refractivity contribution in [2.45, 2.75) is 39.2 Å². The summed E-state index contributed by atoms with van der Waals surface area (Å²) in [6.45, 7) is 4.41. The van der Waals surface area contributed by atoms with Gasteiger partial charge >= 0.3 is 0 Å². The zero-order valence-electron chi connectivity index (χ0n) is 9.84. The maximum atomic E-state index is 6.12. The lowest BCUT2D eigenvalue weighted by Crippen LogP contribution is -2.25. The summed E-state index contributed by atoms with van der Waals surface area (Å²) in [5, 5.41) is 1.25. The highest BCUT2D eigenvalue weighted by Gasteiger charge is 2.11. The van der Waals surface area contributed by atoms with Crippen LogP contribution >= 0.6 is 23.2 Å². The molecule has 0 aliphatic heterocycles. The second-order valence-corrected chi connectivity index (χ2v) is 5.21. The third-order valence-corrected chi connectivity index (χ3v) is 3.77. The first-order valence-electron chi connectivity index (χ1n) is 5.73. The lowest BCUT2D eigenvalue weighted by Gasteiger charge is -2.16. The maximum Gasteiger partial charge on any atom is 0.0624 e. The molecule has 2 N–H and O–H groups in total. The van der Waals surface area contributed by atoms with Crippen LogP contribution in [0.3, 0.4) is 0 Å². The van der Waals surface area contributed by atoms with Gasteiger partial charge in [-0.1, -0.05) is 55.6 Å². The molecule has 3 heteroatoms. The molecule has 90 valence electrons. The molecule has 0 aliphatic carbocycles. The molecule has 1 rings (SSSR count). The van der Waals surface area contributed by atoms with Gasteiger partial charge < -0.3 is 5.73 Å². The van der Waals surface area contributed by atoms with Crippen LogP contribution in [-0.2, 0) is 6.42 Å². The second kappa shape index (κ2) is 6.48. The van der Waals surface area contributed by atoms with Gasteiger partial charge in [-0.15, -0.1) is 0 Å². The Morgan fingerprint density at radius 2 is 2.00 bits per heavy atom. The zero-order valence-corrected chi connectivity index (χ0v) is 11.4. The van der Waals surface area contributed by atoms with E-state index in [-0.39, 0.29) is 6.04 Å². The highest BCUT2D eigenvalue weighted by Crippen LogP contribution is 2.27. The smallest absolute Gasteiger partial charge is 0.0624 e. The van der Waals surface area contributed by atoms with E-state index in [1.165, 1.54) is 0 Å². The summed E-state index contributed by atoms with van der Waals surface area (Å²) in [6, 6.07) is 5.86. The molecule has 1 nitrogen and oxygen atoms in total. The van der Waals surface area contributed by atoms with Crippen LogP contribution in [-0.4, -0.2) is 6.04 Å². The fourth-order valence-corrected chi connectivity index (χ4v) is 2.15. The molecule has 1 aromatic rings. The van der Waals surface area contributed by atoms with E-state index in [4.69, 9.17) is 28.9 Å². The number of rotatable bonds is 5. The minimum Gasteiger partial charge on any atom is -0.327 e. The number of hydrogen-bond acceptors (Lipinski definition) is 1. The summed E-state index contributed by atoms with van der Waals surface area (Å²) in [6.07, 6.45) is 2.99. The van der Waals surface area contributed by atoms with Crippen LogP contribution in [0, 0.1) is 5.92 Å². The van der Waals surface area contributed by atoms with Gasteiger partial charge in [0, 0.05) is 6.04 Å². The van der Waals surface area contributed by atoms with E-state index in [1.54, 1.807) is 6.07 Å². The SMILES string of the molecule is CCC(C)CC(N)Cc1cccc(Cl)c1Cl. The van der Waals surface area contributed by atoms with Gasteiger partial charge in [-0.2, -0.15) is 0 Å². The predicted octanol–water partition coefficient (Wildman–Crippen LogP) is 4.30. The van der Waals surface area contributed by atoms with E-state index < -0.39 is 0 Å². The van der Waals surface area contributed by atoms with Crippen LogP contribution in [0.2, 0.25) is 10.0 Å². The molecule has 2 atom stereocenters. The maximum absolute atomic E-state index is 6.12. The Kier molecular flexibility index (Phi) is 5.60. The summed E-state index contributed by atoms with van der Waals surface area (Å²) < 4.78 is 0. The Morgan fingerprint density at radius 3 is 2.62 bits per heavy atom. The fourth-order valence-electron chi connectivity index (χ4n) is 1.76. The first kappa shape index (κ1) is 13.8.